The van der Waals surface area contributed by atoms with E-state index in [1.54, 1.807) is 0 Å². The van der Waals surface area contributed by atoms with Crippen molar-refractivity contribution in [2.45, 2.75) is 6.92 Å². The molecular formula is C6H8O2. The Bertz CT molecular complexity index is 110. The predicted octanol–water partition coefficient (Wildman–Crippen LogP) is 0.225. The third-order valence-electron chi connectivity index (χ3n) is 0.598. The van der Waals surface area contributed by atoms with E-state index in [4.69, 9.17) is 11.2 Å². The maximum absolute atomic E-state index is 10.2. The summed E-state index contributed by atoms with van der Waals surface area (Å²) in [5.74, 6) is 1.64. The van der Waals surface area contributed by atoms with Gasteiger partial charge in [-0.25, -0.2) is 0 Å². The highest BCUT2D eigenvalue weighted by molar-refractivity contribution is 5.95. The first-order valence-corrected chi connectivity index (χ1v) is 2.38. The van der Waals surface area contributed by atoms with Crippen LogP contribution in [0.1, 0.15) is 6.92 Å². The average Bonchev–Trinajstić information content (AvgIpc) is 1.83. The fourth-order valence-electron chi connectivity index (χ4n) is 0.236. The first kappa shape index (κ1) is 7.19. The molecule has 0 bridgehead atoms. The number of Topliss-reactive ketones (excluding diaryl/α,β-unsaturated/α-hetero) is 1. The highest BCUT2D eigenvalue weighted by Gasteiger charge is 1.91. The van der Waals surface area contributed by atoms with Crippen LogP contribution in [0.2, 0.25) is 0 Å². The summed E-state index contributed by atoms with van der Waals surface area (Å²) >= 11 is 0. The zero-order valence-corrected chi connectivity index (χ0v) is 4.81. The van der Waals surface area contributed by atoms with E-state index < -0.39 is 0 Å². The molecule has 0 aliphatic heterocycles. The summed E-state index contributed by atoms with van der Waals surface area (Å²) in [6.07, 6.45) is 4.73. The molecule has 0 aliphatic rings. The number of carbonyl (C=O) groups is 1. The van der Waals surface area contributed by atoms with Crippen molar-refractivity contribution < 1.29 is 9.53 Å². The SMILES string of the molecule is C#CC(=O)COCC. The summed E-state index contributed by atoms with van der Waals surface area (Å²) in [6, 6.07) is 0. The van der Waals surface area contributed by atoms with Crippen LogP contribution in [0.25, 0.3) is 0 Å². The smallest absolute Gasteiger partial charge is 0.230 e. The van der Waals surface area contributed by atoms with Crippen molar-refractivity contribution in [2.24, 2.45) is 0 Å². The molecule has 0 rings (SSSR count). The van der Waals surface area contributed by atoms with Crippen molar-refractivity contribution in [3.63, 3.8) is 0 Å². The van der Waals surface area contributed by atoms with Gasteiger partial charge in [-0.2, -0.15) is 0 Å². The van der Waals surface area contributed by atoms with Crippen LogP contribution in [0.15, 0.2) is 0 Å². The quantitative estimate of drug-likeness (QED) is 0.386. The monoisotopic (exact) mass is 112 g/mol. The molecule has 44 valence electrons. The van der Waals surface area contributed by atoms with E-state index >= 15 is 0 Å². The number of ether oxygens (including phenoxy) is 1. The average molecular weight is 112 g/mol. The van der Waals surface area contributed by atoms with Crippen LogP contribution < -0.4 is 0 Å². The molecule has 8 heavy (non-hydrogen) atoms. The van der Waals surface area contributed by atoms with Crippen LogP contribution in [-0.2, 0) is 9.53 Å². The van der Waals surface area contributed by atoms with Crippen LogP contribution in [-0.4, -0.2) is 19.0 Å². The Morgan fingerprint density at radius 2 is 2.50 bits per heavy atom. The molecule has 0 aromatic rings. The van der Waals surface area contributed by atoms with Gasteiger partial charge in [-0.3, -0.25) is 4.79 Å². The summed E-state index contributed by atoms with van der Waals surface area (Å²) in [5.41, 5.74) is 0. The van der Waals surface area contributed by atoms with E-state index in [2.05, 4.69) is 0 Å². The zero-order chi connectivity index (χ0) is 6.41. The molecule has 0 unspecified atom stereocenters. The van der Waals surface area contributed by atoms with Gasteiger partial charge in [-0.1, -0.05) is 0 Å². The zero-order valence-electron chi connectivity index (χ0n) is 4.81. The molecule has 0 N–H and O–H groups in total. The van der Waals surface area contributed by atoms with Gasteiger partial charge in [0.15, 0.2) is 0 Å². The van der Waals surface area contributed by atoms with Crippen molar-refractivity contribution in [2.75, 3.05) is 13.2 Å². The first-order chi connectivity index (χ1) is 3.81. The molecule has 0 saturated carbocycles. The number of terminal acetylenes is 1. The minimum Gasteiger partial charge on any atom is -0.373 e. The summed E-state index contributed by atoms with van der Waals surface area (Å²) in [5, 5.41) is 0. The van der Waals surface area contributed by atoms with Crippen LogP contribution in [0.3, 0.4) is 0 Å². The molecule has 0 heterocycles. The lowest BCUT2D eigenvalue weighted by Crippen LogP contribution is -2.04. The van der Waals surface area contributed by atoms with Crippen molar-refractivity contribution in [3.05, 3.63) is 0 Å². The standard InChI is InChI=1S/C6H8O2/c1-3-6(7)5-8-4-2/h1H,4-5H2,2H3. The Morgan fingerprint density at radius 1 is 1.88 bits per heavy atom. The summed E-state index contributed by atoms with van der Waals surface area (Å²) < 4.78 is 4.69. The van der Waals surface area contributed by atoms with Gasteiger partial charge in [-0.15, -0.1) is 6.42 Å². The Kier molecular flexibility index (Phi) is 3.91. The van der Waals surface area contributed by atoms with E-state index in [9.17, 15) is 4.79 Å². The van der Waals surface area contributed by atoms with E-state index in [0.29, 0.717) is 6.61 Å². The van der Waals surface area contributed by atoms with Gasteiger partial charge >= 0.3 is 0 Å². The summed E-state index contributed by atoms with van der Waals surface area (Å²) in [7, 11) is 0. The van der Waals surface area contributed by atoms with E-state index in [0.717, 1.165) is 0 Å². The highest BCUT2D eigenvalue weighted by atomic mass is 16.5. The van der Waals surface area contributed by atoms with Gasteiger partial charge in [0.1, 0.15) is 6.61 Å². The molecule has 0 aromatic carbocycles. The van der Waals surface area contributed by atoms with Gasteiger partial charge in [-0.05, 0) is 12.8 Å². The largest absolute Gasteiger partial charge is 0.373 e. The topological polar surface area (TPSA) is 26.3 Å². The van der Waals surface area contributed by atoms with Crippen molar-refractivity contribution >= 4 is 5.78 Å². The Labute approximate surface area is 48.8 Å². The molecule has 0 aromatic heterocycles. The Hall–Kier alpha value is -0.810. The van der Waals surface area contributed by atoms with Crippen molar-refractivity contribution in [1.29, 1.82) is 0 Å². The molecule has 0 aliphatic carbocycles. The van der Waals surface area contributed by atoms with Crippen LogP contribution in [0.5, 0.6) is 0 Å². The summed E-state index contributed by atoms with van der Waals surface area (Å²) in [4.78, 5) is 10.2. The van der Waals surface area contributed by atoms with Gasteiger partial charge in [0, 0.05) is 6.61 Å². The second-order valence-corrected chi connectivity index (χ2v) is 1.20. The lowest BCUT2D eigenvalue weighted by Gasteiger charge is -1.90. The number of ketones is 1. The highest BCUT2D eigenvalue weighted by Crippen LogP contribution is 1.72. The first-order valence-electron chi connectivity index (χ1n) is 2.38. The molecule has 0 radical (unpaired) electrons. The van der Waals surface area contributed by atoms with Crippen molar-refractivity contribution in [1.82, 2.24) is 0 Å². The summed E-state index contributed by atoms with van der Waals surface area (Å²) in [6.45, 7) is 2.39. The molecule has 0 spiro atoms. The van der Waals surface area contributed by atoms with Crippen LogP contribution in [0, 0.1) is 12.3 Å². The minimum atomic E-state index is -0.299. The second kappa shape index (κ2) is 4.35. The van der Waals surface area contributed by atoms with Gasteiger partial charge in [0.05, 0.1) is 0 Å². The molecule has 0 saturated heterocycles. The fraction of sp³-hybridized carbons (Fsp3) is 0.500. The van der Waals surface area contributed by atoms with Gasteiger partial charge in [0.2, 0.25) is 5.78 Å². The minimum absolute atomic E-state index is 0.0486. The third-order valence-corrected chi connectivity index (χ3v) is 0.598. The normalized spacial score (nSPS) is 8.00. The molecule has 0 fully saturated rings. The second-order valence-electron chi connectivity index (χ2n) is 1.20. The molecule has 0 atom stereocenters. The van der Waals surface area contributed by atoms with Crippen molar-refractivity contribution in [3.8, 4) is 12.3 Å². The lowest BCUT2D eigenvalue weighted by atomic mass is 10.4. The predicted molar refractivity (Wildman–Crippen MR) is 30.3 cm³/mol. The number of hydrogen-bond acceptors (Lipinski definition) is 2. The van der Waals surface area contributed by atoms with E-state index in [1.807, 2.05) is 12.8 Å². The van der Waals surface area contributed by atoms with E-state index in [-0.39, 0.29) is 12.4 Å². The molecule has 2 nitrogen and oxygen atoms in total. The molecule has 2 heteroatoms. The number of rotatable bonds is 3. The van der Waals surface area contributed by atoms with Crippen LogP contribution in [0.4, 0.5) is 0 Å². The Balaban J connectivity index is 3.16. The molecular weight excluding hydrogens is 104 g/mol. The van der Waals surface area contributed by atoms with Gasteiger partial charge < -0.3 is 4.74 Å². The van der Waals surface area contributed by atoms with Gasteiger partial charge in [0.25, 0.3) is 0 Å². The maximum atomic E-state index is 10.2. The maximum Gasteiger partial charge on any atom is 0.230 e. The molecule has 0 amide bonds. The number of hydrogen-bond donors (Lipinski definition) is 0. The third kappa shape index (κ3) is 3.38. The lowest BCUT2D eigenvalue weighted by molar-refractivity contribution is -0.117. The van der Waals surface area contributed by atoms with E-state index in [1.165, 1.54) is 0 Å². The Morgan fingerprint density at radius 3 is 2.88 bits per heavy atom. The fourth-order valence-corrected chi connectivity index (χ4v) is 0.236. The number of carbonyl (C=O) groups excluding carboxylic acids is 1. The van der Waals surface area contributed by atoms with Crippen LogP contribution >= 0.6 is 0 Å².